The monoisotopic (exact) mass is 290 g/mol. The maximum atomic E-state index is 5.90. The molecule has 2 N–H and O–H groups in total. The molecule has 0 saturated heterocycles. The van der Waals surface area contributed by atoms with E-state index >= 15 is 0 Å². The van der Waals surface area contributed by atoms with Crippen LogP contribution in [0.15, 0.2) is 30.3 Å². The molecule has 0 saturated carbocycles. The minimum Gasteiger partial charge on any atom is -0.439 e. The van der Waals surface area contributed by atoms with Gasteiger partial charge in [-0.15, -0.1) is 0 Å². The van der Waals surface area contributed by atoms with Gasteiger partial charge in [-0.05, 0) is 24.5 Å². The van der Waals surface area contributed by atoms with E-state index in [1.807, 2.05) is 12.1 Å². The molecule has 106 valence electrons. The van der Waals surface area contributed by atoms with Crippen molar-refractivity contribution in [3.63, 3.8) is 0 Å². The molecule has 0 amide bonds. The molecule has 20 heavy (non-hydrogen) atoms. The molecule has 0 bridgehead atoms. The highest BCUT2D eigenvalue weighted by Crippen LogP contribution is 2.35. The van der Waals surface area contributed by atoms with Crippen LogP contribution in [0.25, 0.3) is 0 Å². The van der Waals surface area contributed by atoms with Crippen molar-refractivity contribution in [1.29, 1.82) is 0 Å². The number of pyridine rings is 1. The molecule has 0 aliphatic rings. The van der Waals surface area contributed by atoms with Crippen molar-refractivity contribution in [1.82, 2.24) is 4.98 Å². The van der Waals surface area contributed by atoms with Crippen LogP contribution in [0.5, 0.6) is 11.6 Å². The average Bonchev–Trinajstić information content (AvgIpc) is 2.28. The van der Waals surface area contributed by atoms with E-state index in [0.29, 0.717) is 16.7 Å². The van der Waals surface area contributed by atoms with E-state index in [0.717, 1.165) is 11.3 Å². The molecule has 1 heterocycles. The number of nitrogens with zero attached hydrogens (tertiary/aromatic N) is 1. The zero-order valence-corrected chi connectivity index (χ0v) is 13.0. The Morgan fingerprint density at radius 3 is 2.45 bits per heavy atom. The summed E-state index contributed by atoms with van der Waals surface area (Å²) in [4.78, 5) is 4.14. The molecule has 1 aromatic carbocycles. The largest absolute Gasteiger partial charge is 0.439 e. The number of anilines is 1. The first-order chi connectivity index (χ1) is 9.25. The lowest BCUT2D eigenvalue weighted by Crippen LogP contribution is -2.13. The van der Waals surface area contributed by atoms with Crippen LogP contribution >= 0.6 is 11.6 Å². The highest BCUT2D eigenvalue weighted by molar-refractivity contribution is 6.29. The fourth-order valence-corrected chi connectivity index (χ4v) is 2.18. The summed E-state index contributed by atoms with van der Waals surface area (Å²) >= 11 is 5.90. The van der Waals surface area contributed by atoms with Crippen molar-refractivity contribution in [3.8, 4) is 11.6 Å². The van der Waals surface area contributed by atoms with E-state index < -0.39 is 0 Å². The van der Waals surface area contributed by atoms with Gasteiger partial charge in [0.1, 0.15) is 10.9 Å². The Kier molecular flexibility index (Phi) is 3.91. The van der Waals surface area contributed by atoms with Gasteiger partial charge in [0.25, 0.3) is 0 Å². The van der Waals surface area contributed by atoms with Gasteiger partial charge in [0, 0.05) is 17.3 Å². The fourth-order valence-electron chi connectivity index (χ4n) is 1.98. The third-order valence-corrected chi connectivity index (χ3v) is 3.14. The first-order valence-corrected chi connectivity index (χ1v) is 6.85. The highest BCUT2D eigenvalue weighted by atomic mass is 35.5. The van der Waals surface area contributed by atoms with Gasteiger partial charge >= 0.3 is 0 Å². The van der Waals surface area contributed by atoms with Crippen molar-refractivity contribution in [2.45, 2.75) is 33.1 Å². The second-order valence-electron chi connectivity index (χ2n) is 5.91. The summed E-state index contributed by atoms with van der Waals surface area (Å²) in [6, 6.07) is 9.35. The van der Waals surface area contributed by atoms with Gasteiger partial charge in [0.05, 0.1) is 0 Å². The van der Waals surface area contributed by atoms with Gasteiger partial charge in [0.15, 0.2) is 0 Å². The number of benzene rings is 1. The number of aryl methyl sites for hydroxylation is 1. The predicted molar refractivity (Wildman–Crippen MR) is 83.6 cm³/mol. The zero-order chi connectivity index (χ0) is 14.9. The minimum absolute atomic E-state index is 0.0223. The lowest BCUT2D eigenvalue weighted by Gasteiger charge is -2.23. The number of rotatable bonds is 2. The van der Waals surface area contributed by atoms with Crippen LogP contribution in [0.2, 0.25) is 5.15 Å². The van der Waals surface area contributed by atoms with Gasteiger partial charge in [-0.2, -0.15) is 0 Å². The van der Waals surface area contributed by atoms with E-state index in [9.17, 15) is 0 Å². The Labute approximate surface area is 124 Å². The molecule has 4 heteroatoms. The third kappa shape index (κ3) is 3.42. The second kappa shape index (κ2) is 5.33. The number of hydrogen-bond acceptors (Lipinski definition) is 3. The molecule has 0 atom stereocenters. The number of nitrogens with two attached hydrogens (primary N) is 1. The predicted octanol–water partition coefficient (Wildman–Crippen LogP) is 4.72. The molecule has 2 aromatic rings. The van der Waals surface area contributed by atoms with Crippen LogP contribution in [0.3, 0.4) is 0 Å². The summed E-state index contributed by atoms with van der Waals surface area (Å²) in [7, 11) is 0. The smallest absolute Gasteiger partial charge is 0.222 e. The van der Waals surface area contributed by atoms with Crippen molar-refractivity contribution in [3.05, 3.63) is 46.6 Å². The summed E-state index contributed by atoms with van der Waals surface area (Å²) in [5.41, 5.74) is 8.58. The number of aromatic nitrogens is 1. The van der Waals surface area contributed by atoms with Crippen LogP contribution in [0.1, 0.15) is 31.9 Å². The van der Waals surface area contributed by atoms with Gasteiger partial charge in [-0.3, -0.25) is 0 Å². The summed E-state index contributed by atoms with van der Waals surface area (Å²) in [6.45, 7) is 8.51. The Morgan fingerprint density at radius 1 is 1.15 bits per heavy atom. The third-order valence-electron chi connectivity index (χ3n) is 2.95. The number of halogens is 1. The molecular weight excluding hydrogens is 272 g/mol. The lowest BCUT2D eigenvalue weighted by atomic mass is 9.85. The van der Waals surface area contributed by atoms with E-state index in [1.54, 1.807) is 12.1 Å². The Morgan fingerprint density at radius 2 is 1.85 bits per heavy atom. The van der Waals surface area contributed by atoms with Gasteiger partial charge in [-0.25, -0.2) is 4.98 Å². The van der Waals surface area contributed by atoms with Gasteiger partial charge in [-0.1, -0.05) is 50.1 Å². The van der Waals surface area contributed by atoms with E-state index in [-0.39, 0.29) is 5.41 Å². The Bertz CT molecular complexity index is 613. The van der Waals surface area contributed by atoms with Crippen molar-refractivity contribution < 1.29 is 4.74 Å². The topological polar surface area (TPSA) is 48.1 Å². The van der Waals surface area contributed by atoms with E-state index in [1.165, 1.54) is 5.56 Å². The normalized spacial score (nSPS) is 11.4. The van der Waals surface area contributed by atoms with Crippen LogP contribution in [0, 0.1) is 6.92 Å². The molecule has 0 fully saturated rings. The van der Waals surface area contributed by atoms with Gasteiger partial charge < -0.3 is 10.5 Å². The van der Waals surface area contributed by atoms with Crippen LogP contribution in [-0.2, 0) is 5.41 Å². The van der Waals surface area contributed by atoms with Crippen molar-refractivity contribution in [2.75, 3.05) is 5.73 Å². The second-order valence-corrected chi connectivity index (χ2v) is 6.30. The standard InChI is InChI=1S/C16H19ClN2O/c1-10-5-6-13(12(7-10)16(2,3)4)20-15-9-11(18)8-14(17)19-15/h5-9H,1-4H3,(H2,18,19). The number of nitrogen functional groups attached to an aromatic ring is 1. The fraction of sp³-hybridized carbons (Fsp3) is 0.312. The highest BCUT2D eigenvalue weighted by Gasteiger charge is 2.20. The Hall–Kier alpha value is -1.74. The average molecular weight is 291 g/mol. The molecule has 3 nitrogen and oxygen atoms in total. The maximum Gasteiger partial charge on any atom is 0.222 e. The van der Waals surface area contributed by atoms with Crippen LogP contribution in [0.4, 0.5) is 5.69 Å². The van der Waals surface area contributed by atoms with Crippen molar-refractivity contribution >= 4 is 17.3 Å². The first kappa shape index (κ1) is 14.7. The van der Waals surface area contributed by atoms with Crippen LogP contribution < -0.4 is 10.5 Å². The summed E-state index contributed by atoms with van der Waals surface area (Å²) in [6.07, 6.45) is 0. The van der Waals surface area contributed by atoms with Crippen molar-refractivity contribution in [2.24, 2.45) is 0 Å². The zero-order valence-electron chi connectivity index (χ0n) is 12.2. The van der Waals surface area contributed by atoms with Gasteiger partial charge in [0.2, 0.25) is 5.88 Å². The molecular formula is C16H19ClN2O. The molecule has 2 rings (SSSR count). The first-order valence-electron chi connectivity index (χ1n) is 6.48. The summed E-state index contributed by atoms with van der Waals surface area (Å²) < 4.78 is 5.88. The quantitative estimate of drug-likeness (QED) is 0.814. The minimum atomic E-state index is -0.0223. The summed E-state index contributed by atoms with van der Waals surface area (Å²) in [5.74, 6) is 1.18. The lowest BCUT2D eigenvalue weighted by molar-refractivity contribution is 0.440. The molecule has 0 spiro atoms. The summed E-state index contributed by atoms with van der Waals surface area (Å²) in [5, 5.41) is 0.324. The molecule has 0 unspecified atom stereocenters. The molecule has 0 aliphatic carbocycles. The number of ether oxygens (including phenoxy) is 1. The molecule has 0 radical (unpaired) electrons. The molecule has 0 aliphatic heterocycles. The SMILES string of the molecule is Cc1ccc(Oc2cc(N)cc(Cl)n2)c(C(C)(C)C)c1. The molecule has 1 aromatic heterocycles. The van der Waals surface area contributed by atoms with E-state index in [2.05, 4.69) is 38.7 Å². The maximum absolute atomic E-state index is 5.90. The van der Waals surface area contributed by atoms with Crippen LogP contribution in [-0.4, -0.2) is 4.98 Å². The number of hydrogen-bond donors (Lipinski definition) is 1. The van der Waals surface area contributed by atoms with E-state index in [4.69, 9.17) is 22.1 Å². The Balaban J connectivity index is 2.43.